The summed E-state index contributed by atoms with van der Waals surface area (Å²) in [5, 5.41) is 3.10. The van der Waals surface area contributed by atoms with E-state index in [1.807, 2.05) is 13.8 Å². The Morgan fingerprint density at radius 1 is 1.17 bits per heavy atom. The molecule has 0 saturated carbocycles. The van der Waals surface area contributed by atoms with Gasteiger partial charge in [-0.1, -0.05) is 0 Å². The highest BCUT2D eigenvalue weighted by atomic mass is 16.5. The van der Waals surface area contributed by atoms with E-state index in [9.17, 15) is 4.79 Å². The average molecular weight is 316 g/mol. The minimum atomic E-state index is -0.316. The Bertz CT molecular complexity index is 672. The van der Waals surface area contributed by atoms with E-state index in [0.29, 0.717) is 28.6 Å². The number of hydrogen-bond donors (Lipinski definition) is 4. The summed E-state index contributed by atoms with van der Waals surface area (Å²) < 4.78 is 5.05. The van der Waals surface area contributed by atoms with Crippen molar-refractivity contribution >= 4 is 23.2 Å². The van der Waals surface area contributed by atoms with Crippen molar-refractivity contribution in [2.24, 2.45) is 0 Å². The number of nitrogens with two attached hydrogens (primary N) is 1. The minimum absolute atomic E-state index is 0.175. The highest BCUT2D eigenvalue weighted by Gasteiger charge is 2.10. The van der Waals surface area contributed by atoms with Crippen LogP contribution in [0.4, 0.5) is 17.3 Å². The molecule has 2 rings (SSSR count). The van der Waals surface area contributed by atoms with Gasteiger partial charge in [0.15, 0.2) is 11.6 Å². The van der Waals surface area contributed by atoms with Crippen LogP contribution < -0.4 is 26.6 Å². The Hall–Kier alpha value is -3.03. The van der Waals surface area contributed by atoms with Crippen LogP contribution >= 0.6 is 0 Å². The topological polar surface area (TPSA) is 114 Å². The SMILES string of the molecule is COc1ccc(C(=O)NNc2ncnc(NC(C)C)c2N)cc1. The molecule has 0 aliphatic heterocycles. The highest BCUT2D eigenvalue weighted by molar-refractivity contribution is 5.95. The van der Waals surface area contributed by atoms with Crippen LogP contribution in [-0.2, 0) is 0 Å². The van der Waals surface area contributed by atoms with E-state index in [1.165, 1.54) is 6.33 Å². The maximum atomic E-state index is 12.1. The lowest BCUT2D eigenvalue weighted by Gasteiger charge is -2.14. The number of carbonyl (C=O) groups is 1. The van der Waals surface area contributed by atoms with Gasteiger partial charge in [0.05, 0.1) is 7.11 Å². The molecule has 1 aromatic heterocycles. The lowest BCUT2D eigenvalue weighted by molar-refractivity contribution is 0.0962. The summed E-state index contributed by atoms with van der Waals surface area (Å²) in [4.78, 5) is 20.2. The van der Waals surface area contributed by atoms with E-state index >= 15 is 0 Å². The number of rotatable bonds is 6. The number of hydrazine groups is 1. The summed E-state index contributed by atoms with van der Waals surface area (Å²) in [7, 11) is 1.57. The molecular formula is C15H20N6O2. The highest BCUT2D eigenvalue weighted by Crippen LogP contribution is 2.22. The van der Waals surface area contributed by atoms with Crippen LogP contribution in [0.2, 0.25) is 0 Å². The van der Waals surface area contributed by atoms with Crippen molar-refractivity contribution in [1.82, 2.24) is 15.4 Å². The third kappa shape index (κ3) is 4.22. The molecule has 0 saturated heterocycles. The van der Waals surface area contributed by atoms with Crippen molar-refractivity contribution in [3.63, 3.8) is 0 Å². The molecule has 1 aromatic carbocycles. The van der Waals surface area contributed by atoms with E-state index in [4.69, 9.17) is 10.5 Å². The first-order valence-corrected chi connectivity index (χ1v) is 7.08. The summed E-state index contributed by atoms with van der Waals surface area (Å²) in [6.45, 7) is 3.94. The predicted molar refractivity (Wildman–Crippen MR) is 89.3 cm³/mol. The number of aromatic nitrogens is 2. The summed E-state index contributed by atoms with van der Waals surface area (Å²) in [5.74, 6) is 1.20. The molecule has 8 nitrogen and oxygen atoms in total. The smallest absolute Gasteiger partial charge is 0.269 e. The molecule has 1 heterocycles. The monoisotopic (exact) mass is 316 g/mol. The molecule has 0 radical (unpaired) electrons. The molecule has 0 atom stereocenters. The average Bonchev–Trinajstić information content (AvgIpc) is 2.55. The van der Waals surface area contributed by atoms with Gasteiger partial charge >= 0.3 is 0 Å². The van der Waals surface area contributed by atoms with Crippen LogP contribution in [-0.4, -0.2) is 29.0 Å². The zero-order chi connectivity index (χ0) is 16.8. The van der Waals surface area contributed by atoms with Crippen molar-refractivity contribution in [2.75, 3.05) is 23.6 Å². The standard InChI is InChI=1S/C15H20N6O2/c1-9(2)19-13-12(16)14(18-8-17-13)20-21-15(22)10-4-6-11(23-3)7-5-10/h4-9H,16H2,1-3H3,(H,21,22)(H2,17,18,19,20). The first-order valence-electron chi connectivity index (χ1n) is 7.08. The maximum absolute atomic E-state index is 12.1. The van der Waals surface area contributed by atoms with Gasteiger partial charge in [-0.05, 0) is 38.1 Å². The normalized spacial score (nSPS) is 10.3. The zero-order valence-corrected chi connectivity index (χ0v) is 13.3. The Kier molecular flexibility index (Phi) is 5.19. The van der Waals surface area contributed by atoms with Gasteiger partial charge in [-0.15, -0.1) is 0 Å². The summed E-state index contributed by atoms with van der Waals surface area (Å²) >= 11 is 0. The molecule has 122 valence electrons. The molecule has 23 heavy (non-hydrogen) atoms. The number of benzene rings is 1. The van der Waals surface area contributed by atoms with Crippen LogP contribution in [0.1, 0.15) is 24.2 Å². The maximum Gasteiger partial charge on any atom is 0.269 e. The largest absolute Gasteiger partial charge is 0.497 e. The molecule has 0 bridgehead atoms. The second-order valence-corrected chi connectivity index (χ2v) is 5.09. The molecule has 8 heteroatoms. The van der Waals surface area contributed by atoms with E-state index in [2.05, 4.69) is 26.1 Å². The second kappa shape index (κ2) is 7.30. The minimum Gasteiger partial charge on any atom is -0.497 e. The van der Waals surface area contributed by atoms with E-state index in [-0.39, 0.29) is 11.9 Å². The van der Waals surface area contributed by atoms with Crippen LogP contribution in [0, 0.1) is 0 Å². The van der Waals surface area contributed by atoms with Gasteiger partial charge in [0.2, 0.25) is 0 Å². The predicted octanol–water partition coefficient (Wildman–Crippen LogP) is 1.64. The zero-order valence-electron chi connectivity index (χ0n) is 13.3. The van der Waals surface area contributed by atoms with Crippen molar-refractivity contribution in [3.05, 3.63) is 36.2 Å². The number of nitrogens with one attached hydrogen (secondary N) is 3. The van der Waals surface area contributed by atoms with Crippen LogP contribution in [0.5, 0.6) is 5.75 Å². The number of ether oxygens (including phenoxy) is 1. The van der Waals surface area contributed by atoms with Gasteiger partial charge in [0, 0.05) is 11.6 Å². The Morgan fingerprint density at radius 3 is 2.43 bits per heavy atom. The molecule has 0 fully saturated rings. The van der Waals surface area contributed by atoms with Crippen molar-refractivity contribution in [1.29, 1.82) is 0 Å². The summed E-state index contributed by atoms with van der Waals surface area (Å²) in [5.41, 5.74) is 12.0. The quantitative estimate of drug-likeness (QED) is 0.599. The van der Waals surface area contributed by atoms with E-state index < -0.39 is 0 Å². The Labute approximate surface area is 134 Å². The molecule has 1 amide bonds. The lowest BCUT2D eigenvalue weighted by atomic mass is 10.2. The molecule has 0 aliphatic carbocycles. The van der Waals surface area contributed by atoms with Crippen LogP contribution in [0.3, 0.4) is 0 Å². The lowest BCUT2D eigenvalue weighted by Crippen LogP contribution is -2.30. The fourth-order valence-corrected chi connectivity index (χ4v) is 1.81. The van der Waals surface area contributed by atoms with Crippen molar-refractivity contribution < 1.29 is 9.53 Å². The van der Waals surface area contributed by atoms with E-state index in [1.54, 1.807) is 31.4 Å². The van der Waals surface area contributed by atoms with Gasteiger partial charge < -0.3 is 15.8 Å². The number of carbonyl (C=O) groups excluding carboxylic acids is 1. The first-order chi connectivity index (χ1) is 11.0. The molecule has 0 spiro atoms. The molecule has 5 N–H and O–H groups in total. The van der Waals surface area contributed by atoms with Gasteiger partial charge in [0.25, 0.3) is 5.91 Å². The number of amides is 1. The van der Waals surface area contributed by atoms with Crippen molar-refractivity contribution in [3.8, 4) is 5.75 Å². The number of methoxy groups -OCH3 is 1. The number of hydrogen-bond acceptors (Lipinski definition) is 7. The molecular weight excluding hydrogens is 296 g/mol. The Balaban J connectivity index is 2.03. The Morgan fingerprint density at radius 2 is 1.83 bits per heavy atom. The molecule has 0 aliphatic rings. The first kappa shape index (κ1) is 16.3. The summed E-state index contributed by atoms with van der Waals surface area (Å²) in [6.07, 6.45) is 1.36. The van der Waals surface area contributed by atoms with Crippen LogP contribution in [0.15, 0.2) is 30.6 Å². The molecule has 0 unspecified atom stereocenters. The van der Waals surface area contributed by atoms with Crippen molar-refractivity contribution in [2.45, 2.75) is 19.9 Å². The number of nitrogens with zero attached hydrogens (tertiary/aromatic N) is 2. The number of nitrogen functional groups attached to an aromatic ring is 1. The third-order valence-electron chi connectivity index (χ3n) is 2.96. The third-order valence-corrected chi connectivity index (χ3v) is 2.96. The fourth-order valence-electron chi connectivity index (χ4n) is 1.81. The second-order valence-electron chi connectivity index (χ2n) is 5.09. The van der Waals surface area contributed by atoms with Gasteiger partial charge in [-0.3, -0.25) is 15.6 Å². The van der Waals surface area contributed by atoms with Gasteiger partial charge in [-0.2, -0.15) is 0 Å². The summed E-state index contributed by atoms with van der Waals surface area (Å²) in [6, 6.07) is 6.90. The van der Waals surface area contributed by atoms with Gasteiger partial charge in [-0.25, -0.2) is 9.97 Å². The van der Waals surface area contributed by atoms with E-state index in [0.717, 1.165) is 0 Å². The van der Waals surface area contributed by atoms with Gasteiger partial charge in [0.1, 0.15) is 17.8 Å². The molecule has 2 aromatic rings. The fraction of sp³-hybridized carbons (Fsp3) is 0.267. The van der Waals surface area contributed by atoms with Crippen LogP contribution in [0.25, 0.3) is 0 Å². The number of anilines is 3.